The van der Waals surface area contributed by atoms with Gasteiger partial charge in [-0.15, -0.1) is 0 Å². The molecule has 0 aliphatic carbocycles. The lowest BCUT2D eigenvalue weighted by atomic mass is 9.84. The molecule has 6 heteroatoms. The van der Waals surface area contributed by atoms with Crippen molar-refractivity contribution in [3.05, 3.63) is 12.4 Å². The van der Waals surface area contributed by atoms with E-state index in [1.807, 2.05) is 20.8 Å². The van der Waals surface area contributed by atoms with Crippen LogP contribution in [0.4, 0.5) is 5.82 Å². The first-order valence-corrected chi connectivity index (χ1v) is 6.14. The molecule has 19 heavy (non-hydrogen) atoms. The van der Waals surface area contributed by atoms with Crippen molar-refractivity contribution in [1.29, 1.82) is 0 Å². The summed E-state index contributed by atoms with van der Waals surface area (Å²) in [5.41, 5.74) is -0.0369. The van der Waals surface area contributed by atoms with Gasteiger partial charge in [0.2, 0.25) is 5.88 Å². The van der Waals surface area contributed by atoms with Crippen LogP contribution >= 0.6 is 0 Å². The molecule has 6 nitrogen and oxygen atoms in total. The lowest BCUT2D eigenvalue weighted by Gasteiger charge is -2.23. The van der Waals surface area contributed by atoms with E-state index in [9.17, 15) is 9.90 Å². The van der Waals surface area contributed by atoms with Crippen LogP contribution in [0.25, 0.3) is 0 Å². The number of rotatable bonds is 6. The summed E-state index contributed by atoms with van der Waals surface area (Å²) in [7, 11) is 1.51. The number of aliphatic carboxylic acids is 1. The minimum atomic E-state index is -0.807. The number of carboxylic acid groups (broad SMARTS) is 1. The van der Waals surface area contributed by atoms with Crippen LogP contribution in [-0.4, -0.2) is 34.7 Å². The fraction of sp³-hybridized carbons (Fsp3) is 0.615. The van der Waals surface area contributed by atoms with Crippen LogP contribution in [0, 0.1) is 11.3 Å². The molecule has 0 radical (unpaired) electrons. The van der Waals surface area contributed by atoms with Crippen LogP contribution in [0.5, 0.6) is 5.88 Å². The molecule has 0 saturated heterocycles. The Kier molecular flexibility index (Phi) is 5.09. The van der Waals surface area contributed by atoms with Crippen LogP contribution in [0.3, 0.4) is 0 Å². The summed E-state index contributed by atoms with van der Waals surface area (Å²) >= 11 is 0. The van der Waals surface area contributed by atoms with Gasteiger partial charge < -0.3 is 15.2 Å². The van der Waals surface area contributed by atoms with E-state index in [0.29, 0.717) is 24.7 Å². The van der Waals surface area contributed by atoms with Crippen molar-refractivity contribution in [3.63, 3.8) is 0 Å². The van der Waals surface area contributed by atoms with Gasteiger partial charge in [0.15, 0.2) is 0 Å². The molecule has 0 amide bonds. The number of hydrogen-bond donors (Lipinski definition) is 2. The van der Waals surface area contributed by atoms with Crippen molar-refractivity contribution < 1.29 is 14.6 Å². The largest absolute Gasteiger partial charge is 0.481 e. The van der Waals surface area contributed by atoms with Crippen LogP contribution in [0.1, 0.15) is 27.2 Å². The summed E-state index contributed by atoms with van der Waals surface area (Å²) in [6.45, 7) is 6.38. The Morgan fingerprint density at radius 2 is 2.16 bits per heavy atom. The molecule has 1 atom stereocenters. The maximum Gasteiger partial charge on any atom is 0.308 e. The van der Waals surface area contributed by atoms with Gasteiger partial charge >= 0.3 is 5.97 Å². The quantitative estimate of drug-likeness (QED) is 0.820. The Bertz CT molecular complexity index is 429. The lowest BCUT2D eigenvalue weighted by Crippen LogP contribution is -2.27. The molecule has 0 fully saturated rings. The molecular weight excluding hydrogens is 246 g/mol. The molecular formula is C13H21N3O3. The number of ether oxygens (including phenoxy) is 1. The van der Waals surface area contributed by atoms with Crippen molar-refractivity contribution in [3.8, 4) is 5.88 Å². The van der Waals surface area contributed by atoms with Crippen LogP contribution in [0.2, 0.25) is 0 Å². The molecule has 0 aromatic carbocycles. The van der Waals surface area contributed by atoms with E-state index in [0.717, 1.165) is 0 Å². The number of aromatic nitrogens is 2. The number of hydrogen-bond acceptors (Lipinski definition) is 5. The maximum absolute atomic E-state index is 11.2. The zero-order chi connectivity index (χ0) is 14.5. The molecule has 106 valence electrons. The number of nitrogens with zero attached hydrogens (tertiary/aromatic N) is 2. The topological polar surface area (TPSA) is 84.3 Å². The third kappa shape index (κ3) is 5.54. The minimum Gasteiger partial charge on any atom is -0.481 e. The molecule has 1 aromatic heterocycles. The Morgan fingerprint density at radius 3 is 2.68 bits per heavy atom. The molecule has 2 N–H and O–H groups in total. The Labute approximate surface area is 113 Å². The average molecular weight is 267 g/mol. The van der Waals surface area contributed by atoms with Crippen molar-refractivity contribution in [2.75, 3.05) is 19.0 Å². The molecule has 0 aliphatic heterocycles. The van der Waals surface area contributed by atoms with Crippen molar-refractivity contribution in [1.82, 2.24) is 9.97 Å². The van der Waals surface area contributed by atoms with E-state index in [1.165, 1.54) is 13.3 Å². The highest BCUT2D eigenvalue weighted by Crippen LogP contribution is 2.24. The van der Waals surface area contributed by atoms with Gasteiger partial charge in [-0.2, -0.15) is 4.98 Å². The van der Waals surface area contributed by atoms with Gasteiger partial charge in [-0.05, 0) is 11.8 Å². The maximum atomic E-state index is 11.2. The highest BCUT2D eigenvalue weighted by molar-refractivity contribution is 5.70. The molecule has 0 saturated carbocycles. The van der Waals surface area contributed by atoms with Gasteiger partial charge in [0.25, 0.3) is 0 Å². The highest BCUT2D eigenvalue weighted by Gasteiger charge is 2.24. The van der Waals surface area contributed by atoms with E-state index < -0.39 is 11.9 Å². The summed E-state index contributed by atoms with van der Waals surface area (Å²) in [4.78, 5) is 19.3. The molecule has 1 unspecified atom stereocenters. The minimum absolute atomic E-state index is 0.0369. The Hall–Kier alpha value is -1.85. The molecule has 1 heterocycles. The standard InChI is InChI=1S/C13H21N3O3/c1-13(2,3)5-9(12(17)18)6-15-10-7-14-8-11(16-10)19-4/h7-9H,5-6H2,1-4H3,(H,15,16)(H,17,18). The first-order valence-electron chi connectivity index (χ1n) is 6.14. The fourth-order valence-corrected chi connectivity index (χ4v) is 1.75. The van der Waals surface area contributed by atoms with Gasteiger partial charge in [0, 0.05) is 6.54 Å². The van der Waals surface area contributed by atoms with Crippen LogP contribution in [0.15, 0.2) is 12.4 Å². The zero-order valence-corrected chi connectivity index (χ0v) is 11.8. The van der Waals surface area contributed by atoms with E-state index in [2.05, 4.69) is 15.3 Å². The van der Waals surface area contributed by atoms with Crippen LogP contribution < -0.4 is 10.1 Å². The first-order chi connectivity index (χ1) is 8.81. The Morgan fingerprint density at radius 1 is 1.47 bits per heavy atom. The normalized spacial score (nSPS) is 12.8. The predicted molar refractivity (Wildman–Crippen MR) is 72.3 cm³/mol. The molecule has 0 aliphatic rings. The number of carbonyl (C=O) groups is 1. The second-order valence-electron chi connectivity index (χ2n) is 5.63. The van der Waals surface area contributed by atoms with Crippen molar-refractivity contribution in [2.45, 2.75) is 27.2 Å². The van der Waals surface area contributed by atoms with Crippen LogP contribution in [-0.2, 0) is 4.79 Å². The first kappa shape index (κ1) is 15.2. The van der Waals surface area contributed by atoms with Gasteiger partial charge in [-0.3, -0.25) is 9.78 Å². The molecule has 0 bridgehead atoms. The van der Waals surface area contributed by atoms with E-state index in [1.54, 1.807) is 6.20 Å². The van der Waals surface area contributed by atoms with Gasteiger partial charge in [0.05, 0.1) is 25.4 Å². The summed E-state index contributed by atoms with van der Waals surface area (Å²) < 4.78 is 4.96. The third-order valence-corrected chi connectivity index (χ3v) is 2.56. The van der Waals surface area contributed by atoms with Crippen molar-refractivity contribution >= 4 is 11.8 Å². The third-order valence-electron chi connectivity index (χ3n) is 2.56. The molecule has 1 rings (SSSR count). The lowest BCUT2D eigenvalue weighted by molar-refractivity contribution is -0.142. The SMILES string of the molecule is COc1cncc(NCC(CC(C)(C)C)C(=O)O)n1. The molecule has 1 aromatic rings. The number of anilines is 1. The highest BCUT2D eigenvalue weighted by atomic mass is 16.5. The number of carboxylic acids is 1. The second kappa shape index (κ2) is 6.36. The van der Waals surface area contributed by atoms with Gasteiger partial charge in [-0.1, -0.05) is 20.8 Å². The Balaban J connectivity index is 2.63. The molecule has 0 spiro atoms. The number of nitrogens with one attached hydrogen (secondary N) is 1. The average Bonchev–Trinajstić information content (AvgIpc) is 2.33. The smallest absolute Gasteiger partial charge is 0.308 e. The fourth-order valence-electron chi connectivity index (χ4n) is 1.75. The summed E-state index contributed by atoms with van der Waals surface area (Å²) in [6.07, 6.45) is 3.63. The van der Waals surface area contributed by atoms with Gasteiger partial charge in [-0.25, -0.2) is 0 Å². The predicted octanol–water partition coefficient (Wildman–Crippen LogP) is 2.03. The van der Waals surface area contributed by atoms with E-state index in [4.69, 9.17) is 4.74 Å². The summed E-state index contributed by atoms with van der Waals surface area (Å²) in [5, 5.41) is 12.2. The van der Waals surface area contributed by atoms with Gasteiger partial charge in [0.1, 0.15) is 5.82 Å². The zero-order valence-electron chi connectivity index (χ0n) is 11.8. The summed E-state index contributed by atoms with van der Waals surface area (Å²) in [5.74, 6) is -0.363. The van der Waals surface area contributed by atoms with E-state index in [-0.39, 0.29) is 5.41 Å². The monoisotopic (exact) mass is 267 g/mol. The number of methoxy groups -OCH3 is 1. The summed E-state index contributed by atoms with van der Waals surface area (Å²) in [6, 6.07) is 0. The second-order valence-corrected chi connectivity index (χ2v) is 5.63. The van der Waals surface area contributed by atoms with E-state index >= 15 is 0 Å². The van der Waals surface area contributed by atoms with Crippen molar-refractivity contribution in [2.24, 2.45) is 11.3 Å².